The molecule has 0 bridgehead atoms. The van der Waals surface area contributed by atoms with Crippen LogP contribution in [0, 0.1) is 6.92 Å². The molecular weight excluding hydrogens is 238 g/mol. The molecule has 0 aliphatic rings. The molecule has 0 spiro atoms. The van der Waals surface area contributed by atoms with Gasteiger partial charge < -0.3 is 0 Å². The zero-order valence-electron chi connectivity index (χ0n) is 10.6. The highest BCUT2D eigenvalue weighted by atomic mass is 16.1. The maximum absolute atomic E-state index is 10.7. The van der Waals surface area contributed by atoms with Gasteiger partial charge in [0.2, 0.25) is 0 Å². The molecule has 3 rings (SSSR count). The first-order valence-corrected chi connectivity index (χ1v) is 6.10. The third-order valence-electron chi connectivity index (χ3n) is 3.02. The van der Waals surface area contributed by atoms with Gasteiger partial charge in [-0.1, -0.05) is 29.8 Å². The fourth-order valence-electron chi connectivity index (χ4n) is 1.98. The first kappa shape index (κ1) is 11.6. The average molecular weight is 251 g/mol. The Balaban J connectivity index is 1.92. The van der Waals surface area contributed by atoms with Crippen molar-refractivity contribution in [2.75, 3.05) is 0 Å². The van der Waals surface area contributed by atoms with Gasteiger partial charge in [0.05, 0.1) is 0 Å². The fraction of sp³-hybridized carbons (Fsp3) is 0.133. The van der Waals surface area contributed by atoms with Crippen molar-refractivity contribution >= 4 is 11.9 Å². The molecule has 0 N–H and O–H groups in total. The summed E-state index contributed by atoms with van der Waals surface area (Å²) in [5.41, 5.74) is 3.73. The highest BCUT2D eigenvalue weighted by Crippen LogP contribution is 2.10. The van der Waals surface area contributed by atoms with Gasteiger partial charge in [-0.3, -0.25) is 4.79 Å². The molecular formula is C15H13N3O. The van der Waals surface area contributed by atoms with Gasteiger partial charge in [-0.2, -0.15) is 5.10 Å². The lowest BCUT2D eigenvalue weighted by Gasteiger charge is -1.97. The SMILES string of the molecule is Cc1ccc(Cc2nc3cc(C=O)ccn3n2)cc1. The van der Waals surface area contributed by atoms with Gasteiger partial charge in [-0.15, -0.1) is 0 Å². The Labute approximate surface area is 110 Å². The van der Waals surface area contributed by atoms with E-state index in [4.69, 9.17) is 0 Å². The van der Waals surface area contributed by atoms with Gasteiger partial charge in [0, 0.05) is 18.2 Å². The van der Waals surface area contributed by atoms with E-state index >= 15 is 0 Å². The topological polar surface area (TPSA) is 47.3 Å². The first-order valence-electron chi connectivity index (χ1n) is 6.10. The number of aromatic nitrogens is 3. The van der Waals surface area contributed by atoms with E-state index in [1.54, 1.807) is 22.8 Å². The highest BCUT2D eigenvalue weighted by Gasteiger charge is 2.05. The Bertz CT molecular complexity index is 729. The fourth-order valence-corrected chi connectivity index (χ4v) is 1.98. The van der Waals surface area contributed by atoms with Crippen LogP contribution in [0.1, 0.15) is 27.3 Å². The Hall–Kier alpha value is -2.49. The van der Waals surface area contributed by atoms with Crippen molar-refractivity contribution in [3.05, 3.63) is 65.1 Å². The molecule has 1 aromatic carbocycles. The number of pyridine rings is 1. The van der Waals surface area contributed by atoms with Crippen molar-refractivity contribution in [2.45, 2.75) is 13.3 Å². The van der Waals surface area contributed by atoms with Crippen molar-refractivity contribution in [3.63, 3.8) is 0 Å². The molecule has 0 saturated heterocycles. The number of fused-ring (bicyclic) bond motifs is 1. The van der Waals surface area contributed by atoms with Crippen molar-refractivity contribution in [1.82, 2.24) is 14.6 Å². The third kappa shape index (κ3) is 2.38. The van der Waals surface area contributed by atoms with Gasteiger partial charge in [-0.05, 0) is 24.6 Å². The lowest BCUT2D eigenvalue weighted by Crippen LogP contribution is -1.92. The van der Waals surface area contributed by atoms with Crippen molar-refractivity contribution in [1.29, 1.82) is 0 Å². The van der Waals surface area contributed by atoms with Crippen LogP contribution < -0.4 is 0 Å². The summed E-state index contributed by atoms with van der Waals surface area (Å²) in [4.78, 5) is 15.2. The van der Waals surface area contributed by atoms with Crippen LogP contribution in [0.25, 0.3) is 5.65 Å². The summed E-state index contributed by atoms with van der Waals surface area (Å²) >= 11 is 0. The Morgan fingerprint density at radius 3 is 2.74 bits per heavy atom. The average Bonchev–Trinajstić information content (AvgIpc) is 2.82. The zero-order chi connectivity index (χ0) is 13.2. The number of aldehydes is 1. The number of hydrogen-bond acceptors (Lipinski definition) is 3. The van der Waals surface area contributed by atoms with E-state index in [1.807, 2.05) is 0 Å². The number of rotatable bonds is 3. The molecule has 0 aliphatic carbocycles. The normalized spacial score (nSPS) is 10.8. The molecule has 19 heavy (non-hydrogen) atoms. The number of nitrogens with zero attached hydrogens (tertiary/aromatic N) is 3. The molecule has 4 heteroatoms. The van der Waals surface area contributed by atoms with Gasteiger partial charge in [0.25, 0.3) is 0 Å². The predicted molar refractivity (Wildman–Crippen MR) is 72.4 cm³/mol. The maximum atomic E-state index is 10.7. The van der Waals surface area contributed by atoms with E-state index in [0.29, 0.717) is 17.6 Å². The van der Waals surface area contributed by atoms with Crippen LogP contribution in [0.5, 0.6) is 0 Å². The monoisotopic (exact) mass is 251 g/mol. The molecule has 0 saturated carbocycles. The molecule has 2 aromatic heterocycles. The minimum atomic E-state index is 0.613. The Kier molecular flexibility index (Phi) is 2.83. The van der Waals surface area contributed by atoms with E-state index in [0.717, 1.165) is 12.1 Å². The molecule has 0 unspecified atom stereocenters. The molecule has 0 radical (unpaired) electrons. The molecule has 0 amide bonds. The van der Waals surface area contributed by atoms with Crippen molar-refractivity contribution < 1.29 is 4.79 Å². The number of aryl methyl sites for hydroxylation is 1. The molecule has 3 aromatic rings. The standard InChI is InChI=1S/C15H13N3O/c1-11-2-4-12(5-3-11)8-14-16-15-9-13(10-19)6-7-18(15)17-14/h2-7,9-10H,8H2,1H3. The molecule has 2 heterocycles. The van der Waals surface area contributed by atoms with Crippen LogP contribution in [0.15, 0.2) is 42.6 Å². The van der Waals surface area contributed by atoms with E-state index in [1.165, 1.54) is 11.1 Å². The highest BCUT2D eigenvalue weighted by molar-refractivity contribution is 5.76. The quantitative estimate of drug-likeness (QED) is 0.672. The summed E-state index contributed by atoms with van der Waals surface area (Å²) in [7, 11) is 0. The lowest BCUT2D eigenvalue weighted by atomic mass is 10.1. The van der Waals surface area contributed by atoms with Gasteiger partial charge in [0.1, 0.15) is 6.29 Å². The molecule has 0 atom stereocenters. The first-order chi connectivity index (χ1) is 9.24. The minimum Gasteiger partial charge on any atom is -0.298 e. The van der Waals surface area contributed by atoms with Crippen LogP contribution in [0.3, 0.4) is 0 Å². The van der Waals surface area contributed by atoms with E-state index in [2.05, 4.69) is 41.3 Å². The zero-order valence-corrected chi connectivity index (χ0v) is 10.6. The number of carbonyl (C=O) groups is 1. The summed E-state index contributed by atoms with van der Waals surface area (Å²) < 4.78 is 1.69. The summed E-state index contributed by atoms with van der Waals surface area (Å²) in [5.74, 6) is 0.756. The predicted octanol–water partition coefficient (Wildman–Crippen LogP) is 2.44. The van der Waals surface area contributed by atoms with Crippen LogP contribution in [0.4, 0.5) is 0 Å². The van der Waals surface area contributed by atoms with Crippen LogP contribution >= 0.6 is 0 Å². The second-order valence-corrected chi connectivity index (χ2v) is 4.57. The van der Waals surface area contributed by atoms with Crippen LogP contribution in [0.2, 0.25) is 0 Å². The summed E-state index contributed by atoms with van der Waals surface area (Å²) in [6.07, 6.45) is 3.26. The third-order valence-corrected chi connectivity index (χ3v) is 3.02. The van der Waals surface area contributed by atoms with E-state index in [9.17, 15) is 4.79 Å². The largest absolute Gasteiger partial charge is 0.298 e. The summed E-state index contributed by atoms with van der Waals surface area (Å²) in [6, 6.07) is 11.8. The van der Waals surface area contributed by atoms with E-state index < -0.39 is 0 Å². The van der Waals surface area contributed by atoms with Crippen molar-refractivity contribution in [2.24, 2.45) is 0 Å². The maximum Gasteiger partial charge on any atom is 0.156 e. The molecule has 0 aliphatic heterocycles. The van der Waals surface area contributed by atoms with Gasteiger partial charge in [-0.25, -0.2) is 9.50 Å². The Morgan fingerprint density at radius 2 is 2.00 bits per heavy atom. The second-order valence-electron chi connectivity index (χ2n) is 4.57. The van der Waals surface area contributed by atoms with Crippen LogP contribution in [-0.4, -0.2) is 20.9 Å². The number of hydrogen-bond donors (Lipinski definition) is 0. The van der Waals surface area contributed by atoms with Crippen molar-refractivity contribution in [3.8, 4) is 0 Å². The minimum absolute atomic E-state index is 0.613. The number of benzene rings is 1. The number of carbonyl (C=O) groups excluding carboxylic acids is 1. The Morgan fingerprint density at radius 1 is 1.21 bits per heavy atom. The summed E-state index contributed by atoms with van der Waals surface area (Å²) in [6.45, 7) is 2.06. The summed E-state index contributed by atoms with van der Waals surface area (Å²) in [5, 5.41) is 4.40. The van der Waals surface area contributed by atoms with Crippen LogP contribution in [-0.2, 0) is 6.42 Å². The van der Waals surface area contributed by atoms with Gasteiger partial charge in [0.15, 0.2) is 11.5 Å². The smallest absolute Gasteiger partial charge is 0.156 e. The van der Waals surface area contributed by atoms with E-state index in [-0.39, 0.29) is 0 Å². The van der Waals surface area contributed by atoms with Gasteiger partial charge >= 0.3 is 0 Å². The second kappa shape index (κ2) is 4.65. The molecule has 0 fully saturated rings. The molecule has 4 nitrogen and oxygen atoms in total. The molecule has 94 valence electrons. The lowest BCUT2D eigenvalue weighted by molar-refractivity contribution is 0.112.